The van der Waals surface area contributed by atoms with Gasteiger partial charge in [0.05, 0.1) is 6.20 Å². The highest BCUT2D eigenvalue weighted by atomic mass is 16.1. The summed E-state index contributed by atoms with van der Waals surface area (Å²) in [5.74, 6) is 1.58. The smallest absolute Gasteiger partial charge is 0.223 e. The first kappa shape index (κ1) is 14.2. The summed E-state index contributed by atoms with van der Waals surface area (Å²) in [6, 6.07) is 0.606. The third kappa shape index (κ3) is 2.56. The molecular formula is C17H26N4O. The van der Waals surface area contributed by atoms with Crippen LogP contribution >= 0.6 is 0 Å². The van der Waals surface area contributed by atoms with E-state index in [9.17, 15) is 4.79 Å². The van der Waals surface area contributed by atoms with Crippen LogP contribution in [0.15, 0.2) is 6.20 Å². The number of aryl methyl sites for hydroxylation is 1. The van der Waals surface area contributed by atoms with Crippen LogP contribution < -0.4 is 11.1 Å². The highest BCUT2D eigenvalue weighted by Gasteiger charge is 2.40. The van der Waals surface area contributed by atoms with Crippen molar-refractivity contribution < 1.29 is 4.79 Å². The lowest BCUT2D eigenvalue weighted by atomic mass is 9.65. The van der Waals surface area contributed by atoms with Crippen LogP contribution in [0.2, 0.25) is 0 Å². The minimum absolute atomic E-state index is 0.181. The Labute approximate surface area is 131 Å². The SMILES string of the molecule is NC1C2CCCC1CC(C(=O)NC1CCc3[nH]ncc3C1)C2. The second-order valence-electron chi connectivity index (χ2n) is 7.52. The van der Waals surface area contributed by atoms with Crippen molar-refractivity contribution in [3.05, 3.63) is 17.5 Å². The Kier molecular flexibility index (Phi) is 3.68. The lowest BCUT2D eigenvalue weighted by molar-refractivity contribution is -0.128. The molecule has 3 aliphatic rings. The number of carbonyl (C=O) groups excluding carboxylic acids is 1. The molecule has 3 atom stereocenters. The Bertz CT molecular complexity index is 541. The molecule has 1 aromatic heterocycles. The molecule has 4 rings (SSSR count). The van der Waals surface area contributed by atoms with Crippen LogP contribution in [-0.2, 0) is 17.6 Å². The number of carbonyl (C=O) groups is 1. The van der Waals surface area contributed by atoms with E-state index in [2.05, 4.69) is 15.5 Å². The van der Waals surface area contributed by atoms with Crippen LogP contribution in [0.1, 0.15) is 49.8 Å². The maximum Gasteiger partial charge on any atom is 0.223 e. The lowest BCUT2D eigenvalue weighted by Crippen LogP contribution is -2.50. The molecule has 2 fully saturated rings. The molecule has 0 saturated heterocycles. The molecule has 0 radical (unpaired) electrons. The van der Waals surface area contributed by atoms with E-state index in [1.54, 1.807) is 0 Å². The molecule has 1 amide bonds. The van der Waals surface area contributed by atoms with Crippen molar-refractivity contribution in [2.75, 3.05) is 0 Å². The van der Waals surface area contributed by atoms with Gasteiger partial charge in [-0.05, 0) is 62.3 Å². The number of nitrogens with two attached hydrogens (primary N) is 1. The molecule has 120 valence electrons. The molecule has 2 saturated carbocycles. The molecule has 1 aromatic rings. The molecule has 22 heavy (non-hydrogen) atoms. The lowest BCUT2D eigenvalue weighted by Gasteiger charge is -2.43. The monoisotopic (exact) mass is 302 g/mol. The van der Waals surface area contributed by atoms with Gasteiger partial charge in [-0.15, -0.1) is 0 Å². The van der Waals surface area contributed by atoms with Gasteiger partial charge in [0.1, 0.15) is 0 Å². The number of aromatic amines is 1. The van der Waals surface area contributed by atoms with Crippen LogP contribution in [-0.4, -0.2) is 28.2 Å². The Morgan fingerprint density at radius 3 is 2.82 bits per heavy atom. The number of H-pyrrole nitrogens is 1. The maximum absolute atomic E-state index is 12.7. The summed E-state index contributed by atoms with van der Waals surface area (Å²) in [5.41, 5.74) is 8.83. The van der Waals surface area contributed by atoms with E-state index in [1.165, 1.54) is 30.5 Å². The number of fused-ring (bicyclic) bond motifs is 3. The highest BCUT2D eigenvalue weighted by Crippen LogP contribution is 2.42. The topological polar surface area (TPSA) is 83.8 Å². The molecule has 5 heteroatoms. The first-order valence-electron chi connectivity index (χ1n) is 8.78. The van der Waals surface area contributed by atoms with Crippen molar-refractivity contribution in [1.82, 2.24) is 15.5 Å². The van der Waals surface area contributed by atoms with E-state index in [0.717, 1.165) is 32.1 Å². The van der Waals surface area contributed by atoms with Crippen molar-refractivity contribution in [2.45, 2.75) is 63.5 Å². The van der Waals surface area contributed by atoms with E-state index in [-0.39, 0.29) is 17.9 Å². The molecule has 0 aromatic carbocycles. The molecule has 0 spiro atoms. The molecular weight excluding hydrogens is 276 g/mol. The summed E-state index contributed by atoms with van der Waals surface area (Å²) in [6.45, 7) is 0. The van der Waals surface area contributed by atoms with Gasteiger partial charge < -0.3 is 11.1 Å². The molecule has 0 aliphatic heterocycles. The largest absolute Gasteiger partial charge is 0.353 e. The maximum atomic E-state index is 12.7. The van der Waals surface area contributed by atoms with E-state index in [1.807, 2.05) is 6.20 Å². The first-order valence-corrected chi connectivity index (χ1v) is 8.78. The Morgan fingerprint density at radius 2 is 2.05 bits per heavy atom. The van der Waals surface area contributed by atoms with E-state index in [4.69, 9.17) is 5.73 Å². The zero-order chi connectivity index (χ0) is 15.1. The standard InChI is InChI=1S/C17H26N4O/c18-16-10-2-1-3-11(16)7-12(6-10)17(22)20-14-4-5-15-13(8-14)9-19-21-15/h9-12,14,16H,1-8,18H2,(H,19,21)(H,20,22). The van der Waals surface area contributed by atoms with Crippen molar-refractivity contribution in [3.8, 4) is 0 Å². The van der Waals surface area contributed by atoms with Gasteiger partial charge in [-0.25, -0.2) is 0 Å². The van der Waals surface area contributed by atoms with Crippen LogP contribution in [0.5, 0.6) is 0 Å². The van der Waals surface area contributed by atoms with Crippen LogP contribution in [0.4, 0.5) is 0 Å². The van der Waals surface area contributed by atoms with Crippen molar-refractivity contribution >= 4 is 5.91 Å². The van der Waals surface area contributed by atoms with Gasteiger partial charge in [0.25, 0.3) is 0 Å². The fraction of sp³-hybridized carbons (Fsp3) is 0.765. The van der Waals surface area contributed by atoms with Gasteiger partial charge in [-0.1, -0.05) is 6.42 Å². The van der Waals surface area contributed by atoms with E-state index < -0.39 is 0 Å². The number of nitrogens with zero attached hydrogens (tertiary/aromatic N) is 1. The normalized spacial score (nSPS) is 37.4. The molecule has 2 bridgehead atoms. The summed E-state index contributed by atoms with van der Waals surface area (Å²) in [5, 5.41) is 10.5. The Hall–Kier alpha value is -1.36. The predicted octanol–water partition coefficient (Wildman–Crippen LogP) is 1.54. The molecule has 5 nitrogen and oxygen atoms in total. The molecule has 3 unspecified atom stereocenters. The number of hydrogen-bond donors (Lipinski definition) is 3. The minimum atomic E-state index is 0.181. The third-order valence-corrected chi connectivity index (χ3v) is 6.15. The zero-order valence-corrected chi connectivity index (χ0v) is 13.1. The summed E-state index contributed by atoms with van der Waals surface area (Å²) in [7, 11) is 0. The number of nitrogens with one attached hydrogen (secondary N) is 2. The predicted molar refractivity (Wildman–Crippen MR) is 84.1 cm³/mol. The van der Waals surface area contributed by atoms with Crippen LogP contribution in [0, 0.1) is 17.8 Å². The van der Waals surface area contributed by atoms with Crippen molar-refractivity contribution in [3.63, 3.8) is 0 Å². The second-order valence-corrected chi connectivity index (χ2v) is 7.52. The van der Waals surface area contributed by atoms with Gasteiger partial charge in [0.2, 0.25) is 5.91 Å². The Balaban J connectivity index is 1.37. The van der Waals surface area contributed by atoms with Gasteiger partial charge in [-0.3, -0.25) is 9.89 Å². The average Bonchev–Trinajstić information content (AvgIpc) is 2.94. The molecule has 4 N–H and O–H groups in total. The number of hydrogen-bond acceptors (Lipinski definition) is 3. The summed E-state index contributed by atoms with van der Waals surface area (Å²) in [4.78, 5) is 12.7. The number of rotatable bonds is 2. The summed E-state index contributed by atoms with van der Waals surface area (Å²) < 4.78 is 0. The summed E-state index contributed by atoms with van der Waals surface area (Å²) in [6.07, 6.45) is 10.5. The van der Waals surface area contributed by atoms with Crippen molar-refractivity contribution in [1.29, 1.82) is 0 Å². The fourth-order valence-electron chi connectivity index (χ4n) is 4.86. The second kappa shape index (κ2) is 5.69. The third-order valence-electron chi connectivity index (χ3n) is 6.15. The number of aromatic nitrogens is 2. The quantitative estimate of drug-likeness (QED) is 0.775. The zero-order valence-electron chi connectivity index (χ0n) is 13.1. The van der Waals surface area contributed by atoms with E-state index in [0.29, 0.717) is 17.9 Å². The van der Waals surface area contributed by atoms with Crippen LogP contribution in [0.25, 0.3) is 0 Å². The van der Waals surface area contributed by atoms with Gasteiger partial charge >= 0.3 is 0 Å². The number of amides is 1. The highest BCUT2D eigenvalue weighted by molar-refractivity contribution is 5.79. The van der Waals surface area contributed by atoms with Crippen molar-refractivity contribution in [2.24, 2.45) is 23.5 Å². The van der Waals surface area contributed by atoms with Gasteiger partial charge in [-0.2, -0.15) is 5.10 Å². The molecule has 1 heterocycles. The first-order chi connectivity index (χ1) is 10.7. The van der Waals surface area contributed by atoms with E-state index >= 15 is 0 Å². The van der Waals surface area contributed by atoms with Gasteiger partial charge in [0, 0.05) is 23.7 Å². The average molecular weight is 302 g/mol. The van der Waals surface area contributed by atoms with Crippen LogP contribution in [0.3, 0.4) is 0 Å². The van der Waals surface area contributed by atoms with Gasteiger partial charge in [0.15, 0.2) is 0 Å². The fourth-order valence-corrected chi connectivity index (χ4v) is 4.86. The summed E-state index contributed by atoms with van der Waals surface area (Å²) >= 11 is 0. The molecule has 3 aliphatic carbocycles. The minimum Gasteiger partial charge on any atom is -0.353 e. The Morgan fingerprint density at radius 1 is 1.27 bits per heavy atom.